The van der Waals surface area contributed by atoms with Crippen LogP contribution in [0.5, 0.6) is 0 Å². The average molecular weight is 288 g/mol. The first-order valence-electron chi connectivity index (χ1n) is 6.43. The fourth-order valence-electron chi connectivity index (χ4n) is 1.98. The van der Waals surface area contributed by atoms with Crippen LogP contribution in [0.1, 0.15) is 22.8 Å². The Hall–Kier alpha value is -2.29. The molecule has 0 aromatic heterocycles. The summed E-state index contributed by atoms with van der Waals surface area (Å²) in [5.41, 5.74) is 1.35. The van der Waals surface area contributed by atoms with Gasteiger partial charge in [0.15, 0.2) is 0 Å². The summed E-state index contributed by atoms with van der Waals surface area (Å²) >= 11 is 0. The molecule has 0 fully saturated rings. The van der Waals surface area contributed by atoms with Crippen LogP contribution >= 0.6 is 0 Å². The van der Waals surface area contributed by atoms with Gasteiger partial charge in [0.05, 0.1) is 17.7 Å². The minimum atomic E-state index is -1.14. The highest BCUT2D eigenvalue weighted by atomic mass is 19.1. The van der Waals surface area contributed by atoms with Crippen LogP contribution in [-0.2, 0) is 6.54 Å². The van der Waals surface area contributed by atoms with Crippen LogP contribution in [0.4, 0.5) is 8.78 Å². The first-order chi connectivity index (χ1) is 10.1. The first kappa shape index (κ1) is 15.1. The third kappa shape index (κ3) is 4.09. The smallest absolute Gasteiger partial charge is 0.129 e. The number of halogens is 2. The summed E-state index contributed by atoms with van der Waals surface area (Å²) < 4.78 is 26.5. The number of nitrogens with one attached hydrogen (secondary N) is 1. The Bertz CT molecular complexity index is 668. The van der Waals surface area contributed by atoms with E-state index < -0.39 is 17.7 Å². The third-order valence-corrected chi connectivity index (χ3v) is 3.04. The van der Waals surface area contributed by atoms with E-state index >= 15 is 0 Å². The van der Waals surface area contributed by atoms with E-state index in [0.717, 1.165) is 23.8 Å². The molecule has 108 valence electrons. The van der Waals surface area contributed by atoms with Gasteiger partial charge in [0, 0.05) is 18.7 Å². The second-order valence-electron chi connectivity index (χ2n) is 4.62. The minimum Gasteiger partial charge on any atom is -0.387 e. The molecule has 0 bridgehead atoms. The van der Waals surface area contributed by atoms with Crippen LogP contribution < -0.4 is 5.32 Å². The van der Waals surface area contributed by atoms with E-state index in [-0.39, 0.29) is 12.1 Å². The van der Waals surface area contributed by atoms with Gasteiger partial charge in [-0.1, -0.05) is 12.1 Å². The van der Waals surface area contributed by atoms with Crippen LogP contribution in [0.2, 0.25) is 0 Å². The monoisotopic (exact) mass is 288 g/mol. The molecule has 2 N–H and O–H groups in total. The molecule has 1 atom stereocenters. The Kier molecular flexibility index (Phi) is 4.99. The third-order valence-electron chi connectivity index (χ3n) is 3.04. The van der Waals surface area contributed by atoms with Gasteiger partial charge in [-0.15, -0.1) is 0 Å². The summed E-state index contributed by atoms with van der Waals surface area (Å²) in [4.78, 5) is 0. The predicted molar refractivity (Wildman–Crippen MR) is 74.2 cm³/mol. The molecule has 3 nitrogen and oxygen atoms in total. The molecule has 1 unspecified atom stereocenters. The van der Waals surface area contributed by atoms with E-state index in [1.54, 1.807) is 18.2 Å². The summed E-state index contributed by atoms with van der Waals surface area (Å²) in [6.07, 6.45) is -1.14. The standard InChI is InChI=1S/C16H14F2N2O/c17-13-4-5-15(18)14(7-13)16(21)10-20-9-12-3-1-2-11(6-12)8-19/h1-7,16,20-21H,9-10H2. The summed E-state index contributed by atoms with van der Waals surface area (Å²) in [6, 6.07) is 12.0. The fourth-order valence-corrected chi connectivity index (χ4v) is 1.98. The molecule has 0 heterocycles. The van der Waals surface area contributed by atoms with Gasteiger partial charge in [-0.2, -0.15) is 5.26 Å². The van der Waals surface area contributed by atoms with Crippen LogP contribution in [0.15, 0.2) is 42.5 Å². The summed E-state index contributed by atoms with van der Waals surface area (Å²) in [5, 5.41) is 21.6. The highest BCUT2D eigenvalue weighted by molar-refractivity contribution is 5.32. The van der Waals surface area contributed by atoms with E-state index in [1.807, 2.05) is 12.1 Å². The van der Waals surface area contributed by atoms with E-state index in [1.165, 1.54) is 0 Å². The van der Waals surface area contributed by atoms with Gasteiger partial charge in [-0.25, -0.2) is 8.78 Å². The molecule has 0 spiro atoms. The van der Waals surface area contributed by atoms with Crippen molar-refractivity contribution in [3.8, 4) is 6.07 Å². The molecule has 21 heavy (non-hydrogen) atoms. The van der Waals surface area contributed by atoms with Crippen molar-refractivity contribution in [2.75, 3.05) is 6.54 Å². The largest absolute Gasteiger partial charge is 0.387 e. The lowest BCUT2D eigenvalue weighted by atomic mass is 10.1. The Morgan fingerprint density at radius 3 is 2.76 bits per heavy atom. The zero-order chi connectivity index (χ0) is 15.2. The quantitative estimate of drug-likeness (QED) is 0.889. The minimum absolute atomic E-state index is 0.0757. The van der Waals surface area contributed by atoms with Gasteiger partial charge < -0.3 is 10.4 Å². The van der Waals surface area contributed by atoms with E-state index in [0.29, 0.717) is 12.1 Å². The maximum absolute atomic E-state index is 13.5. The highest BCUT2D eigenvalue weighted by Crippen LogP contribution is 2.17. The molecular weight excluding hydrogens is 274 g/mol. The Morgan fingerprint density at radius 1 is 1.19 bits per heavy atom. The van der Waals surface area contributed by atoms with Crippen molar-refractivity contribution >= 4 is 0 Å². The van der Waals surface area contributed by atoms with Crippen molar-refractivity contribution < 1.29 is 13.9 Å². The maximum atomic E-state index is 13.5. The summed E-state index contributed by atoms with van der Waals surface area (Å²) in [7, 11) is 0. The molecule has 0 saturated heterocycles. The van der Waals surface area contributed by atoms with Crippen molar-refractivity contribution in [1.29, 1.82) is 5.26 Å². The molecule has 5 heteroatoms. The molecule has 0 aliphatic rings. The predicted octanol–water partition coefficient (Wildman–Crippen LogP) is 2.66. The second-order valence-corrected chi connectivity index (χ2v) is 4.62. The summed E-state index contributed by atoms with van der Waals surface area (Å²) in [6.45, 7) is 0.501. The Balaban J connectivity index is 1.93. The molecular formula is C16H14F2N2O. The number of aliphatic hydroxyl groups excluding tert-OH is 1. The number of rotatable bonds is 5. The average Bonchev–Trinajstić information content (AvgIpc) is 2.49. The molecule has 2 aromatic rings. The number of hydrogen-bond donors (Lipinski definition) is 2. The lowest BCUT2D eigenvalue weighted by Gasteiger charge is -2.13. The topological polar surface area (TPSA) is 56.0 Å². The van der Waals surface area contributed by atoms with E-state index in [4.69, 9.17) is 5.26 Å². The highest BCUT2D eigenvalue weighted by Gasteiger charge is 2.13. The van der Waals surface area contributed by atoms with Gasteiger partial charge in [-0.05, 0) is 35.9 Å². The van der Waals surface area contributed by atoms with E-state index in [9.17, 15) is 13.9 Å². The Labute approximate surface area is 121 Å². The van der Waals surface area contributed by atoms with Gasteiger partial charge in [0.2, 0.25) is 0 Å². The fraction of sp³-hybridized carbons (Fsp3) is 0.188. The number of hydrogen-bond acceptors (Lipinski definition) is 3. The summed E-state index contributed by atoms with van der Waals surface area (Å²) in [5.74, 6) is -1.23. The van der Waals surface area contributed by atoms with Crippen LogP contribution in [-0.4, -0.2) is 11.7 Å². The van der Waals surface area contributed by atoms with Crippen LogP contribution in [0, 0.1) is 23.0 Å². The number of nitrogens with zero attached hydrogens (tertiary/aromatic N) is 1. The van der Waals surface area contributed by atoms with E-state index in [2.05, 4.69) is 5.32 Å². The van der Waals surface area contributed by atoms with Crippen molar-refractivity contribution in [3.63, 3.8) is 0 Å². The molecule has 0 radical (unpaired) electrons. The van der Waals surface area contributed by atoms with Gasteiger partial charge in [0.1, 0.15) is 11.6 Å². The maximum Gasteiger partial charge on any atom is 0.129 e. The number of aliphatic hydroxyl groups is 1. The normalized spacial score (nSPS) is 11.9. The van der Waals surface area contributed by atoms with Gasteiger partial charge >= 0.3 is 0 Å². The van der Waals surface area contributed by atoms with Crippen molar-refractivity contribution in [1.82, 2.24) is 5.32 Å². The SMILES string of the molecule is N#Cc1cccc(CNCC(O)c2cc(F)ccc2F)c1. The van der Waals surface area contributed by atoms with Gasteiger partial charge in [-0.3, -0.25) is 0 Å². The first-order valence-corrected chi connectivity index (χ1v) is 6.43. The molecule has 0 aliphatic heterocycles. The molecule has 2 rings (SSSR count). The number of nitriles is 1. The second kappa shape index (κ2) is 6.93. The van der Waals surface area contributed by atoms with Crippen molar-refractivity contribution in [2.45, 2.75) is 12.6 Å². The van der Waals surface area contributed by atoms with Crippen LogP contribution in [0.3, 0.4) is 0 Å². The molecule has 2 aromatic carbocycles. The van der Waals surface area contributed by atoms with Crippen molar-refractivity contribution in [3.05, 3.63) is 70.8 Å². The van der Waals surface area contributed by atoms with Crippen molar-refractivity contribution in [2.24, 2.45) is 0 Å². The Morgan fingerprint density at radius 2 is 2.00 bits per heavy atom. The zero-order valence-corrected chi connectivity index (χ0v) is 11.2. The molecule has 0 saturated carbocycles. The molecule has 0 amide bonds. The van der Waals surface area contributed by atoms with Crippen LogP contribution in [0.25, 0.3) is 0 Å². The lowest BCUT2D eigenvalue weighted by molar-refractivity contribution is 0.169. The van der Waals surface area contributed by atoms with Gasteiger partial charge in [0.25, 0.3) is 0 Å². The zero-order valence-electron chi connectivity index (χ0n) is 11.2. The number of benzene rings is 2. The molecule has 0 aliphatic carbocycles. The lowest BCUT2D eigenvalue weighted by Crippen LogP contribution is -2.21.